The Hall–Kier alpha value is -4.15. The molecule has 0 saturated carbocycles. The van der Waals surface area contributed by atoms with Crippen LogP contribution in [0, 0.1) is 0 Å². The van der Waals surface area contributed by atoms with Gasteiger partial charge >= 0.3 is 12.2 Å². The van der Waals surface area contributed by atoms with Crippen LogP contribution in [0.2, 0.25) is 0 Å². The summed E-state index contributed by atoms with van der Waals surface area (Å²) >= 11 is 0. The van der Waals surface area contributed by atoms with E-state index >= 15 is 0 Å². The third-order valence-electron chi connectivity index (χ3n) is 4.09. The molecule has 154 valence electrons. The van der Waals surface area contributed by atoms with Gasteiger partial charge in [0.25, 0.3) is 0 Å². The van der Waals surface area contributed by atoms with Gasteiger partial charge in [0, 0.05) is 17.6 Å². The molecule has 0 spiro atoms. The highest BCUT2D eigenvalue weighted by molar-refractivity contribution is 5.99. The van der Waals surface area contributed by atoms with Crippen molar-refractivity contribution in [3.8, 4) is 5.75 Å². The topological polar surface area (TPSA) is 90.0 Å². The van der Waals surface area contributed by atoms with Crippen LogP contribution in [0.15, 0.2) is 77.3 Å². The molecule has 4 rings (SSSR count). The Morgan fingerprint density at radius 2 is 1.63 bits per heavy atom. The van der Waals surface area contributed by atoms with E-state index in [1.54, 1.807) is 36.7 Å². The minimum atomic E-state index is -4.43. The zero-order valence-electron chi connectivity index (χ0n) is 15.2. The second-order valence-corrected chi connectivity index (χ2v) is 6.20. The smallest absolute Gasteiger partial charge is 0.374 e. The van der Waals surface area contributed by atoms with E-state index in [0.717, 1.165) is 23.5 Å². The van der Waals surface area contributed by atoms with Gasteiger partial charge in [-0.1, -0.05) is 0 Å². The summed E-state index contributed by atoms with van der Waals surface area (Å²) in [5.74, 6) is 0.504. The van der Waals surface area contributed by atoms with Crippen LogP contribution < -0.4 is 26.3 Å². The molecular formula is C19H15F3N6O2. The Balaban J connectivity index is 1.33. The average molecular weight is 416 g/mol. The van der Waals surface area contributed by atoms with E-state index in [-0.39, 0.29) is 5.69 Å². The largest absolute Gasteiger partial charge is 0.416 e. The maximum atomic E-state index is 12.6. The fraction of sp³-hybridized carbons (Fsp3) is 0.0526. The third kappa shape index (κ3) is 4.29. The summed E-state index contributed by atoms with van der Waals surface area (Å²) in [7, 11) is 0. The molecular weight excluding hydrogens is 401 g/mol. The highest BCUT2D eigenvalue weighted by Crippen LogP contribution is 2.30. The number of rotatable bonds is 4. The number of amides is 2. The zero-order valence-corrected chi connectivity index (χ0v) is 15.2. The van der Waals surface area contributed by atoms with Crippen LogP contribution in [0.25, 0.3) is 0 Å². The van der Waals surface area contributed by atoms with E-state index in [2.05, 4.69) is 26.5 Å². The Kier molecular flexibility index (Phi) is 4.92. The number of nitrogens with one attached hydrogen (secondary N) is 4. The van der Waals surface area contributed by atoms with E-state index in [4.69, 9.17) is 4.84 Å². The van der Waals surface area contributed by atoms with Crippen LogP contribution >= 0.6 is 0 Å². The Morgan fingerprint density at radius 3 is 2.27 bits per heavy atom. The van der Waals surface area contributed by atoms with Crippen LogP contribution in [-0.2, 0) is 6.18 Å². The highest BCUT2D eigenvalue weighted by atomic mass is 19.4. The molecule has 2 aromatic carbocycles. The van der Waals surface area contributed by atoms with Gasteiger partial charge in [-0.05, 0) is 48.5 Å². The molecule has 2 aliphatic heterocycles. The maximum absolute atomic E-state index is 12.6. The number of alkyl halides is 3. The van der Waals surface area contributed by atoms with Gasteiger partial charge in [-0.3, -0.25) is 5.43 Å². The predicted octanol–water partition coefficient (Wildman–Crippen LogP) is 3.78. The molecule has 8 nitrogen and oxygen atoms in total. The molecule has 0 radical (unpaired) electrons. The van der Waals surface area contributed by atoms with Gasteiger partial charge in [0.1, 0.15) is 17.7 Å². The Morgan fingerprint density at radius 1 is 1.00 bits per heavy atom. The van der Waals surface area contributed by atoms with Gasteiger partial charge in [0.05, 0.1) is 11.8 Å². The van der Waals surface area contributed by atoms with Gasteiger partial charge in [-0.2, -0.15) is 18.2 Å². The van der Waals surface area contributed by atoms with Crippen molar-refractivity contribution in [1.82, 2.24) is 15.9 Å². The molecule has 0 bridgehead atoms. The molecule has 11 heteroatoms. The van der Waals surface area contributed by atoms with Gasteiger partial charge in [-0.15, -0.1) is 0 Å². The van der Waals surface area contributed by atoms with Gasteiger partial charge < -0.3 is 20.9 Å². The number of hydrazine groups is 1. The molecule has 2 amide bonds. The number of urea groups is 1. The number of hydrogen-bond donors (Lipinski definition) is 4. The first-order valence-corrected chi connectivity index (χ1v) is 8.66. The zero-order chi connectivity index (χ0) is 21.1. The second-order valence-electron chi connectivity index (χ2n) is 6.20. The van der Waals surface area contributed by atoms with E-state index in [1.165, 1.54) is 23.5 Å². The second kappa shape index (κ2) is 7.70. The molecule has 0 fully saturated rings. The van der Waals surface area contributed by atoms with Crippen LogP contribution in [0.4, 0.5) is 29.3 Å². The Bertz CT molecular complexity index is 1030. The van der Waals surface area contributed by atoms with Crippen molar-refractivity contribution in [2.45, 2.75) is 6.18 Å². The maximum Gasteiger partial charge on any atom is 0.416 e. The number of anilines is 2. The molecule has 0 saturated heterocycles. The molecule has 0 unspecified atom stereocenters. The SMILES string of the molecule is O=C(Nc1ccc(ON2C=NC=C3NNC=C32)cc1)Nc1ccc(C(F)(F)F)cc1. The summed E-state index contributed by atoms with van der Waals surface area (Å²) < 4.78 is 37.7. The van der Waals surface area contributed by atoms with Gasteiger partial charge in [0.2, 0.25) is 0 Å². The summed E-state index contributed by atoms with van der Waals surface area (Å²) in [4.78, 5) is 21.9. The van der Waals surface area contributed by atoms with Crippen molar-refractivity contribution < 1.29 is 22.8 Å². The number of hydrogen-bond acceptors (Lipinski definition) is 6. The quantitative estimate of drug-likeness (QED) is 0.609. The van der Waals surface area contributed by atoms with E-state index in [9.17, 15) is 18.0 Å². The van der Waals surface area contributed by atoms with Crippen molar-refractivity contribution in [3.63, 3.8) is 0 Å². The monoisotopic (exact) mass is 416 g/mol. The molecule has 2 heterocycles. The van der Waals surface area contributed by atoms with E-state index in [0.29, 0.717) is 11.4 Å². The number of hydroxylamine groups is 2. The van der Waals surface area contributed by atoms with Crippen LogP contribution in [0.1, 0.15) is 5.56 Å². The number of halogens is 3. The third-order valence-corrected chi connectivity index (χ3v) is 4.09. The fourth-order valence-corrected chi connectivity index (χ4v) is 2.66. The van der Waals surface area contributed by atoms with Crippen molar-refractivity contribution in [2.24, 2.45) is 4.99 Å². The first-order valence-electron chi connectivity index (χ1n) is 8.66. The standard InChI is InChI=1S/C19H15F3N6O2/c20-19(21,22)12-1-3-13(4-2-12)25-18(29)26-14-5-7-15(8-6-14)30-28-11-23-9-16-17(28)10-24-27-16/h1-11,24,27H,(H2,25,26,29). The number of fused-ring (bicyclic) bond motifs is 1. The molecule has 0 aliphatic carbocycles. The van der Waals surface area contributed by atoms with Crippen molar-refractivity contribution >= 4 is 23.7 Å². The molecule has 0 aromatic heterocycles. The average Bonchev–Trinajstić information content (AvgIpc) is 3.19. The minimum absolute atomic E-state index is 0.237. The summed E-state index contributed by atoms with van der Waals surface area (Å²) in [6.45, 7) is 0. The lowest BCUT2D eigenvalue weighted by Crippen LogP contribution is -2.29. The first-order chi connectivity index (χ1) is 14.4. The number of carbonyl (C=O) groups excluding carboxylic acids is 1. The first kappa shape index (κ1) is 19.2. The minimum Gasteiger partial charge on any atom is -0.374 e. The normalized spacial score (nSPS) is 14.7. The van der Waals surface area contributed by atoms with Crippen LogP contribution in [0.5, 0.6) is 5.75 Å². The van der Waals surface area contributed by atoms with Gasteiger partial charge in [0.15, 0.2) is 5.75 Å². The predicted molar refractivity (Wildman–Crippen MR) is 104 cm³/mol. The van der Waals surface area contributed by atoms with Crippen molar-refractivity contribution in [2.75, 3.05) is 10.6 Å². The van der Waals surface area contributed by atoms with E-state index < -0.39 is 17.8 Å². The summed E-state index contributed by atoms with van der Waals surface area (Å²) in [5, 5.41) is 6.54. The van der Waals surface area contributed by atoms with Crippen LogP contribution in [0.3, 0.4) is 0 Å². The van der Waals surface area contributed by atoms with Crippen LogP contribution in [-0.4, -0.2) is 17.4 Å². The lowest BCUT2D eigenvalue weighted by Gasteiger charge is -2.22. The summed E-state index contributed by atoms with van der Waals surface area (Å²) in [5.41, 5.74) is 7.20. The summed E-state index contributed by atoms with van der Waals surface area (Å²) in [6, 6.07) is 10.1. The fourth-order valence-electron chi connectivity index (χ4n) is 2.66. The molecule has 4 N–H and O–H groups in total. The number of benzene rings is 2. The van der Waals surface area contributed by atoms with Crippen molar-refractivity contribution in [3.05, 3.63) is 77.9 Å². The van der Waals surface area contributed by atoms with E-state index in [1.807, 2.05) is 0 Å². The molecule has 30 heavy (non-hydrogen) atoms. The molecule has 2 aromatic rings. The lowest BCUT2D eigenvalue weighted by atomic mass is 10.2. The van der Waals surface area contributed by atoms with Crippen molar-refractivity contribution in [1.29, 1.82) is 0 Å². The Labute approximate surface area is 168 Å². The number of nitrogens with zero attached hydrogens (tertiary/aromatic N) is 2. The number of aliphatic imine (C=N–C) groups is 1. The molecule has 2 aliphatic rings. The highest BCUT2D eigenvalue weighted by Gasteiger charge is 2.30. The summed E-state index contributed by atoms with van der Waals surface area (Å²) in [6.07, 6.45) is 0.448. The number of carbonyl (C=O) groups is 1. The van der Waals surface area contributed by atoms with Gasteiger partial charge in [-0.25, -0.2) is 9.79 Å². The molecule has 0 atom stereocenters. The lowest BCUT2D eigenvalue weighted by molar-refractivity contribution is -0.137.